The summed E-state index contributed by atoms with van der Waals surface area (Å²) in [5.41, 5.74) is 15.3. The third kappa shape index (κ3) is 2.83. The molecule has 1 rings (SSSR count). The monoisotopic (exact) mass is 237 g/mol. The van der Waals surface area contributed by atoms with E-state index in [4.69, 9.17) is 17.2 Å². The van der Waals surface area contributed by atoms with Gasteiger partial charge in [0.1, 0.15) is 11.2 Å². The predicted octanol–water partition coefficient (Wildman–Crippen LogP) is -0.561. The Hall–Kier alpha value is -2.31. The first-order valence-electron chi connectivity index (χ1n) is 4.88. The first-order chi connectivity index (χ1) is 7.74. The van der Waals surface area contributed by atoms with Gasteiger partial charge in [-0.15, -0.1) is 0 Å². The molecular weight excluding hydrogens is 222 g/mol. The van der Waals surface area contributed by atoms with Crippen molar-refractivity contribution in [1.82, 2.24) is 4.98 Å². The van der Waals surface area contributed by atoms with E-state index in [0.717, 1.165) is 0 Å². The number of nitrogens with one attached hydrogen (secondary N) is 1. The Labute approximate surface area is 98.4 Å². The average Bonchev–Trinajstić information content (AvgIpc) is 2.20. The van der Waals surface area contributed by atoms with Gasteiger partial charge in [0.05, 0.1) is 5.69 Å². The van der Waals surface area contributed by atoms with Gasteiger partial charge in [-0.1, -0.05) is 0 Å². The molecule has 0 aliphatic rings. The number of carbonyl (C=O) groups excluding carboxylic acids is 2. The van der Waals surface area contributed by atoms with E-state index in [0.29, 0.717) is 5.69 Å². The second kappa shape index (κ2) is 4.28. The second-order valence-corrected chi connectivity index (χ2v) is 4.11. The quantitative estimate of drug-likeness (QED) is 0.556. The highest BCUT2D eigenvalue weighted by molar-refractivity contribution is 5.92. The Morgan fingerprint density at radius 3 is 2.35 bits per heavy atom. The molecule has 2 amide bonds. The van der Waals surface area contributed by atoms with Crippen molar-refractivity contribution in [3.8, 4) is 0 Å². The molecule has 0 unspecified atom stereocenters. The van der Waals surface area contributed by atoms with E-state index in [9.17, 15) is 9.59 Å². The minimum atomic E-state index is -1.03. The molecule has 0 radical (unpaired) electrons. The Bertz CT molecular complexity index is 470. The normalized spacial score (nSPS) is 10.9. The molecule has 1 aromatic rings. The van der Waals surface area contributed by atoms with Crippen molar-refractivity contribution in [3.05, 3.63) is 17.8 Å². The van der Waals surface area contributed by atoms with Crippen LogP contribution in [0.5, 0.6) is 0 Å². The standard InChI is InChI=1S/C10H15N5O2/c1-10(2,9(13)17)15-8-5(11)3-4-6(14-8)7(12)16/h3-4H,11H2,1-2H3,(H2,12,16)(H2,13,17)(H,14,15). The Balaban J connectivity index is 3.10. The molecule has 0 saturated heterocycles. The van der Waals surface area contributed by atoms with Gasteiger partial charge in [0.15, 0.2) is 5.82 Å². The van der Waals surface area contributed by atoms with E-state index >= 15 is 0 Å². The van der Waals surface area contributed by atoms with E-state index in [1.54, 1.807) is 13.8 Å². The molecule has 7 N–H and O–H groups in total. The van der Waals surface area contributed by atoms with Gasteiger partial charge >= 0.3 is 0 Å². The van der Waals surface area contributed by atoms with Gasteiger partial charge < -0.3 is 22.5 Å². The maximum atomic E-state index is 11.2. The van der Waals surface area contributed by atoms with Crippen LogP contribution in [-0.4, -0.2) is 22.3 Å². The number of nitrogen functional groups attached to an aromatic ring is 1. The smallest absolute Gasteiger partial charge is 0.267 e. The van der Waals surface area contributed by atoms with Crippen molar-refractivity contribution in [1.29, 1.82) is 0 Å². The van der Waals surface area contributed by atoms with Crippen LogP contribution >= 0.6 is 0 Å². The average molecular weight is 237 g/mol. The van der Waals surface area contributed by atoms with Gasteiger partial charge in [-0.3, -0.25) is 9.59 Å². The summed E-state index contributed by atoms with van der Waals surface area (Å²) in [4.78, 5) is 26.0. The number of anilines is 2. The van der Waals surface area contributed by atoms with E-state index in [1.165, 1.54) is 12.1 Å². The lowest BCUT2D eigenvalue weighted by Gasteiger charge is -2.23. The number of pyridine rings is 1. The molecule has 1 aromatic heterocycles. The number of rotatable bonds is 4. The summed E-state index contributed by atoms with van der Waals surface area (Å²) in [6.07, 6.45) is 0. The highest BCUT2D eigenvalue weighted by Crippen LogP contribution is 2.20. The van der Waals surface area contributed by atoms with Crippen LogP contribution in [-0.2, 0) is 4.79 Å². The fourth-order valence-electron chi connectivity index (χ4n) is 1.06. The molecule has 0 spiro atoms. The number of amides is 2. The Morgan fingerprint density at radius 1 is 1.29 bits per heavy atom. The molecule has 1 heterocycles. The van der Waals surface area contributed by atoms with Crippen molar-refractivity contribution in [3.63, 3.8) is 0 Å². The summed E-state index contributed by atoms with van der Waals surface area (Å²) in [5, 5.41) is 2.76. The fraction of sp³-hybridized carbons (Fsp3) is 0.300. The van der Waals surface area contributed by atoms with Crippen LogP contribution in [0.25, 0.3) is 0 Å². The van der Waals surface area contributed by atoms with Crippen molar-refractivity contribution in [2.45, 2.75) is 19.4 Å². The number of carbonyl (C=O) groups is 2. The fourth-order valence-corrected chi connectivity index (χ4v) is 1.06. The third-order valence-electron chi connectivity index (χ3n) is 2.23. The highest BCUT2D eigenvalue weighted by atomic mass is 16.2. The van der Waals surface area contributed by atoms with E-state index in [2.05, 4.69) is 10.3 Å². The summed E-state index contributed by atoms with van der Waals surface area (Å²) in [7, 11) is 0. The maximum Gasteiger partial charge on any atom is 0.267 e. The van der Waals surface area contributed by atoms with Crippen molar-refractivity contribution < 1.29 is 9.59 Å². The molecular formula is C10H15N5O2. The van der Waals surface area contributed by atoms with Crippen LogP contribution in [0.4, 0.5) is 11.5 Å². The number of hydrogen-bond donors (Lipinski definition) is 4. The molecule has 0 aliphatic carbocycles. The molecule has 17 heavy (non-hydrogen) atoms. The van der Waals surface area contributed by atoms with Crippen LogP contribution in [0.3, 0.4) is 0 Å². The molecule has 0 fully saturated rings. The largest absolute Gasteiger partial charge is 0.396 e. The zero-order chi connectivity index (χ0) is 13.2. The number of nitrogens with zero attached hydrogens (tertiary/aromatic N) is 1. The first kappa shape index (κ1) is 12.8. The summed E-state index contributed by atoms with van der Waals surface area (Å²) in [6.45, 7) is 3.15. The summed E-state index contributed by atoms with van der Waals surface area (Å²) in [5.74, 6) is -1.04. The maximum absolute atomic E-state index is 11.2. The van der Waals surface area contributed by atoms with Crippen LogP contribution in [0.15, 0.2) is 12.1 Å². The highest BCUT2D eigenvalue weighted by Gasteiger charge is 2.26. The molecule has 0 atom stereocenters. The molecule has 7 nitrogen and oxygen atoms in total. The molecule has 7 heteroatoms. The topological polar surface area (TPSA) is 137 Å². The van der Waals surface area contributed by atoms with Gasteiger partial charge in [0, 0.05) is 0 Å². The Morgan fingerprint density at radius 2 is 1.88 bits per heavy atom. The van der Waals surface area contributed by atoms with Gasteiger partial charge in [0.25, 0.3) is 5.91 Å². The van der Waals surface area contributed by atoms with Crippen LogP contribution in [0.1, 0.15) is 24.3 Å². The minimum Gasteiger partial charge on any atom is -0.396 e. The van der Waals surface area contributed by atoms with Crippen LogP contribution in [0.2, 0.25) is 0 Å². The zero-order valence-corrected chi connectivity index (χ0v) is 9.65. The number of hydrogen-bond acceptors (Lipinski definition) is 5. The SMILES string of the molecule is CC(C)(Nc1nc(C(N)=O)ccc1N)C(N)=O. The van der Waals surface area contributed by atoms with Crippen molar-refractivity contribution in [2.75, 3.05) is 11.1 Å². The third-order valence-corrected chi connectivity index (χ3v) is 2.23. The van der Waals surface area contributed by atoms with Crippen LogP contribution < -0.4 is 22.5 Å². The van der Waals surface area contributed by atoms with Crippen molar-refractivity contribution >= 4 is 23.3 Å². The van der Waals surface area contributed by atoms with Crippen molar-refractivity contribution in [2.24, 2.45) is 11.5 Å². The summed E-state index contributed by atoms with van der Waals surface area (Å²) < 4.78 is 0. The Kier molecular flexibility index (Phi) is 3.21. The van der Waals surface area contributed by atoms with Crippen LogP contribution in [0, 0.1) is 0 Å². The van der Waals surface area contributed by atoms with Gasteiger partial charge in [0.2, 0.25) is 5.91 Å². The molecule has 92 valence electrons. The zero-order valence-electron chi connectivity index (χ0n) is 9.65. The van der Waals surface area contributed by atoms with E-state index in [-0.39, 0.29) is 11.5 Å². The predicted molar refractivity (Wildman–Crippen MR) is 64.1 cm³/mol. The first-order valence-corrected chi connectivity index (χ1v) is 4.88. The molecule has 0 aliphatic heterocycles. The lowest BCUT2D eigenvalue weighted by molar-refractivity contribution is -0.121. The van der Waals surface area contributed by atoms with Gasteiger partial charge in [-0.25, -0.2) is 4.98 Å². The van der Waals surface area contributed by atoms with Gasteiger partial charge in [-0.2, -0.15) is 0 Å². The molecule has 0 bridgehead atoms. The molecule has 0 aromatic carbocycles. The lowest BCUT2D eigenvalue weighted by Crippen LogP contribution is -2.45. The molecule has 0 saturated carbocycles. The number of nitrogens with two attached hydrogens (primary N) is 3. The minimum absolute atomic E-state index is 0.0574. The second-order valence-electron chi connectivity index (χ2n) is 4.11. The lowest BCUT2D eigenvalue weighted by atomic mass is 10.1. The van der Waals surface area contributed by atoms with E-state index < -0.39 is 17.4 Å². The number of primary amides is 2. The summed E-state index contributed by atoms with van der Waals surface area (Å²) >= 11 is 0. The number of aromatic nitrogens is 1. The van der Waals surface area contributed by atoms with Gasteiger partial charge in [-0.05, 0) is 26.0 Å². The summed E-state index contributed by atoms with van der Waals surface area (Å²) in [6, 6.07) is 2.88. The van der Waals surface area contributed by atoms with E-state index in [1.807, 2.05) is 0 Å².